The molecular weight excluding hydrogens is 376 g/mol. The first-order chi connectivity index (χ1) is 14.6. The summed E-state index contributed by atoms with van der Waals surface area (Å²) in [6.45, 7) is 15.7. The molecule has 3 fully saturated rings. The van der Waals surface area contributed by atoms with Crippen LogP contribution in [-0.2, 0) is 4.79 Å². The van der Waals surface area contributed by atoms with Crippen LogP contribution < -0.4 is 10.6 Å². The second-order valence-electron chi connectivity index (χ2n) is 9.29. The predicted octanol–water partition coefficient (Wildman–Crippen LogP) is 1.75. The van der Waals surface area contributed by atoms with Crippen molar-refractivity contribution < 1.29 is 4.79 Å². The molecule has 7 heteroatoms. The fourth-order valence-corrected chi connectivity index (χ4v) is 5.06. The first-order valence-electron chi connectivity index (χ1n) is 12.4. The molecule has 3 aliphatic rings. The lowest BCUT2D eigenvalue weighted by Crippen LogP contribution is -2.50. The highest BCUT2D eigenvalue weighted by atomic mass is 16.2. The number of piperazine rings is 1. The summed E-state index contributed by atoms with van der Waals surface area (Å²) in [7, 11) is 0. The van der Waals surface area contributed by atoms with Gasteiger partial charge in [0.05, 0.1) is 6.54 Å². The molecule has 2 unspecified atom stereocenters. The van der Waals surface area contributed by atoms with E-state index in [2.05, 4.69) is 46.1 Å². The van der Waals surface area contributed by atoms with Gasteiger partial charge < -0.3 is 20.4 Å². The maximum atomic E-state index is 12.8. The predicted molar refractivity (Wildman–Crippen MR) is 124 cm³/mol. The van der Waals surface area contributed by atoms with E-state index in [1.165, 1.54) is 19.3 Å². The number of aliphatic imine (C=N–C) groups is 1. The average Bonchev–Trinajstić information content (AvgIpc) is 3.26. The molecule has 0 aromatic rings. The fourth-order valence-electron chi connectivity index (χ4n) is 5.06. The molecule has 0 bridgehead atoms. The van der Waals surface area contributed by atoms with E-state index in [1.54, 1.807) is 0 Å². The van der Waals surface area contributed by atoms with Crippen LogP contribution in [0.1, 0.15) is 59.3 Å². The third kappa shape index (κ3) is 6.58. The molecule has 30 heavy (non-hydrogen) atoms. The van der Waals surface area contributed by atoms with E-state index in [1.807, 2.05) is 0 Å². The number of likely N-dealkylation sites (N-methyl/N-ethyl adjacent to an activating group) is 1. The number of hydrogen-bond donors (Lipinski definition) is 2. The van der Waals surface area contributed by atoms with Crippen molar-refractivity contribution in [3.63, 3.8) is 0 Å². The average molecular weight is 421 g/mol. The number of nitrogens with one attached hydrogen (secondary N) is 2. The minimum atomic E-state index is 0.272. The highest BCUT2D eigenvalue weighted by molar-refractivity contribution is 5.81. The summed E-state index contributed by atoms with van der Waals surface area (Å²) in [6.07, 6.45) is 6.91. The maximum absolute atomic E-state index is 12.8. The summed E-state index contributed by atoms with van der Waals surface area (Å²) in [5, 5.41) is 7.00. The normalized spacial score (nSPS) is 26.0. The van der Waals surface area contributed by atoms with Gasteiger partial charge in [0.1, 0.15) is 0 Å². The van der Waals surface area contributed by atoms with Gasteiger partial charge >= 0.3 is 0 Å². The maximum Gasteiger partial charge on any atom is 0.225 e. The lowest BCUT2D eigenvalue weighted by atomic mass is 9.88. The quantitative estimate of drug-likeness (QED) is 0.485. The van der Waals surface area contributed by atoms with Crippen molar-refractivity contribution >= 4 is 11.9 Å². The van der Waals surface area contributed by atoms with Crippen molar-refractivity contribution in [2.75, 3.05) is 58.9 Å². The van der Waals surface area contributed by atoms with Crippen LogP contribution in [-0.4, -0.2) is 97.6 Å². The number of guanidine groups is 1. The van der Waals surface area contributed by atoms with Gasteiger partial charge in [0.25, 0.3) is 0 Å². The Kier molecular flexibility index (Phi) is 9.25. The fraction of sp³-hybridized carbons (Fsp3) is 0.913. The molecule has 0 aromatic carbocycles. The number of carbonyl (C=O) groups is 1. The van der Waals surface area contributed by atoms with Crippen LogP contribution in [0, 0.1) is 5.92 Å². The van der Waals surface area contributed by atoms with E-state index in [-0.39, 0.29) is 5.92 Å². The van der Waals surface area contributed by atoms with Crippen LogP contribution in [0.3, 0.4) is 0 Å². The van der Waals surface area contributed by atoms with Gasteiger partial charge in [0, 0.05) is 63.8 Å². The molecule has 1 amide bonds. The number of hydrogen-bond acceptors (Lipinski definition) is 4. The molecule has 0 spiro atoms. The van der Waals surface area contributed by atoms with Crippen molar-refractivity contribution in [1.82, 2.24) is 25.3 Å². The highest BCUT2D eigenvalue weighted by Crippen LogP contribution is 2.26. The van der Waals surface area contributed by atoms with Crippen LogP contribution in [0.5, 0.6) is 0 Å². The monoisotopic (exact) mass is 420 g/mol. The molecule has 2 saturated heterocycles. The molecule has 7 nitrogen and oxygen atoms in total. The third-order valence-corrected chi connectivity index (χ3v) is 7.13. The van der Waals surface area contributed by atoms with Crippen molar-refractivity contribution in [2.45, 2.75) is 71.4 Å². The Balaban J connectivity index is 1.46. The van der Waals surface area contributed by atoms with Gasteiger partial charge in [-0.1, -0.05) is 26.2 Å². The minimum Gasteiger partial charge on any atom is -0.357 e. The lowest BCUT2D eigenvalue weighted by molar-refractivity contribution is -0.135. The molecule has 2 aliphatic heterocycles. The van der Waals surface area contributed by atoms with E-state index in [0.29, 0.717) is 18.0 Å². The number of carbonyl (C=O) groups excluding carboxylic acids is 1. The highest BCUT2D eigenvalue weighted by Gasteiger charge is 2.31. The van der Waals surface area contributed by atoms with Gasteiger partial charge in [-0.2, -0.15) is 0 Å². The SMILES string of the molecule is CCNC(=NCC(C)N1CCN(CC)CC1)NC1CCN(C(=O)C2CCCCC2)C1. The van der Waals surface area contributed by atoms with E-state index < -0.39 is 0 Å². The lowest BCUT2D eigenvalue weighted by Gasteiger charge is -2.37. The second-order valence-corrected chi connectivity index (χ2v) is 9.29. The Bertz CT molecular complexity index is 554. The van der Waals surface area contributed by atoms with E-state index in [9.17, 15) is 4.79 Å². The number of amides is 1. The second kappa shape index (κ2) is 11.9. The Morgan fingerprint density at radius 1 is 1.03 bits per heavy atom. The molecule has 2 heterocycles. The van der Waals surface area contributed by atoms with Gasteiger partial charge in [-0.3, -0.25) is 14.7 Å². The van der Waals surface area contributed by atoms with Crippen molar-refractivity contribution in [2.24, 2.45) is 10.9 Å². The van der Waals surface area contributed by atoms with Crippen LogP contribution in [0.25, 0.3) is 0 Å². The summed E-state index contributed by atoms with van der Waals surface area (Å²) >= 11 is 0. The Hall–Kier alpha value is -1.34. The first kappa shape index (κ1) is 23.3. The molecule has 0 aromatic heterocycles. The summed E-state index contributed by atoms with van der Waals surface area (Å²) in [6, 6.07) is 0.756. The van der Waals surface area contributed by atoms with Gasteiger partial charge in [-0.25, -0.2) is 0 Å². The van der Waals surface area contributed by atoms with E-state index in [0.717, 1.165) is 84.1 Å². The van der Waals surface area contributed by atoms with Crippen LogP contribution >= 0.6 is 0 Å². The van der Waals surface area contributed by atoms with Crippen molar-refractivity contribution in [1.29, 1.82) is 0 Å². The topological polar surface area (TPSA) is 63.2 Å². The third-order valence-electron chi connectivity index (χ3n) is 7.13. The first-order valence-corrected chi connectivity index (χ1v) is 12.4. The Morgan fingerprint density at radius 2 is 1.77 bits per heavy atom. The smallest absolute Gasteiger partial charge is 0.225 e. The zero-order valence-corrected chi connectivity index (χ0v) is 19.5. The van der Waals surface area contributed by atoms with Crippen LogP contribution in [0.4, 0.5) is 0 Å². The van der Waals surface area contributed by atoms with Gasteiger partial charge in [0.2, 0.25) is 5.91 Å². The molecule has 1 saturated carbocycles. The largest absolute Gasteiger partial charge is 0.357 e. The zero-order valence-electron chi connectivity index (χ0n) is 19.5. The molecule has 2 N–H and O–H groups in total. The van der Waals surface area contributed by atoms with E-state index >= 15 is 0 Å². The summed E-state index contributed by atoms with van der Waals surface area (Å²) in [5.74, 6) is 1.56. The molecule has 1 aliphatic carbocycles. The van der Waals surface area contributed by atoms with Gasteiger partial charge in [-0.05, 0) is 39.7 Å². The van der Waals surface area contributed by atoms with Crippen molar-refractivity contribution in [3.05, 3.63) is 0 Å². The van der Waals surface area contributed by atoms with Gasteiger partial charge in [-0.15, -0.1) is 0 Å². The molecular formula is C23H44N6O. The van der Waals surface area contributed by atoms with Crippen molar-refractivity contribution in [3.8, 4) is 0 Å². The Labute approximate surface area is 183 Å². The summed E-state index contributed by atoms with van der Waals surface area (Å²) in [4.78, 5) is 24.9. The number of nitrogens with zero attached hydrogens (tertiary/aromatic N) is 4. The standard InChI is InChI=1S/C23H44N6O/c1-4-24-23(25-17-19(3)28-15-13-27(5-2)14-16-28)26-21-11-12-29(18-21)22(30)20-9-7-6-8-10-20/h19-21H,4-18H2,1-3H3,(H2,24,25,26). The molecule has 3 rings (SSSR count). The number of rotatable bonds is 7. The molecule has 172 valence electrons. The molecule has 0 radical (unpaired) electrons. The minimum absolute atomic E-state index is 0.272. The summed E-state index contributed by atoms with van der Waals surface area (Å²) in [5.41, 5.74) is 0. The van der Waals surface area contributed by atoms with Crippen LogP contribution in [0.2, 0.25) is 0 Å². The zero-order chi connectivity index (χ0) is 21.3. The van der Waals surface area contributed by atoms with Crippen LogP contribution in [0.15, 0.2) is 4.99 Å². The summed E-state index contributed by atoms with van der Waals surface area (Å²) < 4.78 is 0. The Morgan fingerprint density at radius 3 is 2.43 bits per heavy atom. The van der Waals surface area contributed by atoms with E-state index in [4.69, 9.17) is 4.99 Å². The van der Waals surface area contributed by atoms with Gasteiger partial charge in [0.15, 0.2) is 5.96 Å². The molecule has 2 atom stereocenters. The number of likely N-dealkylation sites (tertiary alicyclic amines) is 1.